The van der Waals surface area contributed by atoms with Crippen molar-refractivity contribution < 1.29 is 13.2 Å². The van der Waals surface area contributed by atoms with E-state index in [4.69, 9.17) is 4.74 Å². The lowest BCUT2D eigenvalue weighted by atomic mass is 10.0. The van der Waals surface area contributed by atoms with Crippen molar-refractivity contribution in [2.75, 3.05) is 25.7 Å². The van der Waals surface area contributed by atoms with Gasteiger partial charge in [-0.1, -0.05) is 17.8 Å². The van der Waals surface area contributed by atoms with E-state index in [0.29, 0.717) is 11.7 Å². The van der Waals surface area contributed by atoms with Gasteiger partial charge in [-0.05, 0) is 19.4 Å². The van der Waals surface area contributed by atoms with Gasteiger partial charge in [0.25, 0.3) is 5.19 Å². The lowest BCUT2D eigenvalue weighted by Crippen LogP contribution is -2.42. The number of sulfone groups is 1. The molecule has 2 heterocycles. The lowest BCUT2D eigenvalue weighted by Gasteiger charge is -2.34. The molecule has 0 radical (unpaired) electrons. The molecule has 1 aliphatic rings. The fourth-order valence-corrected chi connectivity index (χ4v) is 4.12. The first-order valence-electron chi connectivity index (χ1n) is 6.26. The van der Waals surface area contributed by atoms with Crippen LogP contribution in [0.4, 0.5) is 0 Å². The minimum Gasteiger partial charge on any atom is -0.472 e. The monoisotopic (exact) mass is 305 g/mol. The van der Waals surface area contributed by atoms with Crippen molar-refractivity contribution in [1.82, 2.24) is 15.1 Å². The molecule has 0 aromatic carbocycles. The van der Waals surface area contributed by atoms with Crippen molar-refractivity contribution >= 4 is 21.2 Å². The molecular weight excluding hydrogens is 286 g/mol. The third-order valence-electron chi connectivity index (χ3n) is 3.21. The van der Waals surface area contributed by atoms with Gasteiger partial charge in [0.15, 0.2) is 0 Å². The summed E-state index contributed by atoms with van der Waals surface area (Å²) in [6.07, 6.45) is 4.43. The molecule has 1 fully saturated rings. The van der Waals surface area contributed by atoms with E-state index in [-0.39, 0.29) is 11.8 Å². The summed E-state index contributed by atoms with van der Waals surface area (Å²) in [6, 6.07) is 0.0960. The minimum absolute atomic E-state index is 0.0960. The summed E-state index contributed by atoms with van der Waals surface area (Å²) in [5, 5.41) is 9.39. The van der Waals surface area contributed by atoms with Crippen LogP contribution in [0.25, 0.3) is 0 Å². The minimum atomic E-state index is -2.95. The van der Waals surface area contributed by atoms with Crippen molar-refractivity contribution in [3.63, 3.8) is 0 Å². The topological polar surface area (TPSA) is 72.4 Å². The van der Waals surface area contributed by atoms with E-state index in [1.54, 1.807) is 7.11 Å². The second-order valence-electron chi connectivity index (χ2n) is 4.88. The first-order chi connectivity index (χ1) is 8.98. The van der Waals surface area contributed by atoms with Crippen LogP contribution in [-0.2, 0) is 16.4 Å². The van der Waals surface area contributed by atoms with Crippen LogP contribution in [0.1, 0.15) is 24.3 Å². The molecule has 19 heavy (non-hydrogen) atoms. The Balaban J connectivity index is 2.03. The van der Waals surface area contributed by atoms with Gasteiger partial charge in [0.1, 0.15) is 14.8 Å². The van der Waals surface area contributed by atoms with Gasteiger partial charge in [-0.15, -0.1) is 10.2 Å². The fraction of sp³-hybridized carbons (Fsp3) is 0.818. The fourth-order valence-electron chi connectivity index (χ4n) is 2.36. The molecule has 2 rings (SSSR count). The van der Waals surface area contributed by atoms with E-state index >= 15 is 0 Å². The first-order valence-corrected chi connectivity index (χ1v) is 9.14. The molecule has 108 valence electrons. The van der Waals surface area contributed by atoms with Gasteiger partial charge in [0.05, 0.1) is 19.4 Å². The van der Waals surface area contributed by atoms with Crippen LogP contribution in [0, 0.1) is 0 Å². The normalized spacial score (nSPS) is 21.5. The van der Waals surface area contributed by atoms with Crippen molar-refractivity contribution in [2.24, 2.45) is 0 Å². The van der Waals surface area contributed by atoms with E-state index in [0.717, 1.165) is 30.8 Å². The number of likely N-dealkylation sites (tertiary alicyclic amines) is 1. The number of piperidine rings is 1. The van der Waals surface area contributed by atoms with Gasteiger partial charge in [-0.25, -0.2) is 8.42 Å². The quantitative estimate of drug-likeness (QED) is 0.806. The summed E-state index contributed by atoms with van der Waals surface area (Å²) in [5.41, 5.74) is 0. The molecule has 8 heteroatoms. The Bertz CT molecular complexity index is 515. The Morgan fingerprint density at radius 1 is 1.42 bits per heavy atom. The molecule has 1 unspecified atom stereocenters. The SMILES string of the molecule is COc1nnc(CN2CCCCC2CS(C)(=O)=O)s1. The van der Waals surface area contributed by atoms with Crippen molar-refractivity contribution in [3.8, 4) is 5.19 Å². The zero-order chi connectivity index (χ0) is 13.9. The number of methoxy groups -OCH3 is 1. The lowest BCUT2D eigenvalue weighted by molar-refractivity contribution is 0.154. The Hall–Kier alpha value is -0.730. The van der Waals surface area contributed by atoms with Gasteiger partial charge in [-0.2, -0.15) is 0 Å². The zero-order valence-corrected chi connectivity index (χ0v) is 12.8. The number of aromatic nitrogens is 2. The summed E-state index contributed by atoms with van der Waals surface area (Å²) < 4.78 is 28.0. The van der Waals surface area contributed by atoms with Gasteiger partial charge in [0, 0.05) is 12.3 Å². The molecular formula is C11H19N3O3S2. The molecule has 1 saturated heterocycles. The van der Waals surface area contributed by atoms with Crippen molar-refractivity contribution in [2.45, 2.75) is 31.8 Å². The summed E-state index contributed by atoms with van der Waals surface area (Å²) in [5.74, 6) is 0.225. The number of hydrogen-bond donors (Lipinski definition) is 0. The van der Waals surface area contributed by atoms with Crippen LogP contribution in [0.2, 0.25) is 0 Å². The van der Waals surface area contributed by atoms with E-state index in [9.17, 15) is 8.42 Å². The Morgan fingerprint density at radius 2 is 2.21 bits per heavy atom. The Labute approximate surface area is 117 Å². The highest BCUT2D eigenvalue weighted by atomic mass is 32.2. The van der Waals surface area contributed by atoms with Crippen LogP contribution in [0.5, 0.6) is 5.19 Å². The molecule has 1 aromatic heterocycles. The van der Waals surface area contributed by atoms with Crippen LogP contribution < -0.4 is 4.74 Å². The van der Waals surface area contributed by atoms with E-state index in [2.05, 4.69) is 15.1 Å². The number of ether oxygens (including phenoxy) is 1. The average Bonchev–Trinajstić information content (AvgIpc) is 2.78. The van der Waals surface area contributed by atoms with E-state index in [1.165, 1.54) is 17.6 Å². The van der Waals surface area contributed by atoms with Crippen molar-refractivity contribution in [1.29, 1.82) is 0 Å². The average molecular weight is 305 g/mol. The highest BCUT2D eigenvalue weighted by Gasteiger charge is 2.26. The molecule has 1 aliphatic heterocycles. The van der Waals surface area contributed by atoms with Crippen LogP contribution in [0.15, 0.2) is 0 Å². The largest absolute Gasteiger partial charge is 0.472 e. The summed E-state index contributed by atoms with van der Waals surface area (Å²) in [7, 11) is -1.38. The molecule has 0 amide bonds. The second-order valence-corrected chi connectivity index (χ2v) is 8.09. The third-order valence-corrected chi connectivity index (χ3v) is 5.07. The molecule has 0 aliphatic carbocycles. The molecule has 0 spiro atoms. The predicted molar refractivity (Wildman–Crippen MR) is 74.2 cm³/mol. The van der Waals surface area contributed by atoms with Gasteiger partial charge in [0.2, 0.25) is 0 Å². The van der Waals surface area contributed by atoms with Gasteiger partial charge < -0.3 is 4.74 Å². The maximum Gasteiger partial charge on any atom is 0.293 e. The molecule has 6 nitrogen and oxygen atoms in total. The number of nitrogens with zero attached hydrogens (tertiary/aromatic N) is 3. The Kier molecular flexibility index (Phi) is 4.75. The van der Waals surface area contributed by atoms with Crippen LogP contribution in [-0.4, -0.2) is 55.2 Å². The zero-order valence-electron chi connectivity index (χ0n) is 11.2. The van der Waals surface area contributed by atoms with Crippen molar-refractivity contribution in [3.05, 3.63) is 5.01 Å². The predicted octanol–water partition coefficient (Wildman–Crippen LogP) is 0.946. The number of rotatable bonds is 5. The smallest absolute Gasteiger partial charge is 0.293 e. The molecule has 0 saturated carbocycles. The molecule has 1 aromatic rings. The van der Waals surface area contributed by atoms with Crippen LogP contribution in [0.3, 0.4) is 0 Å². The Morgan fingerprint density at radius 3 is 2.84 bits per heavy atom. The van der Waals surface area contributed by atoms with Gasteiger partial charge >= 0.3 is 0 Å². The highest BCUT2D eigenvalue weighted by molar-refractivity contribution is 7.90. The maximum atomic E-state index is 11.5. The summed E-state index contributed by atoms with van der Waals surface area (Å²) >= 11 is 1.41. The van der Waals surface area contributed by atoms with E-state index < -0.39 is 9.84 Å². The third kappa shape index (κ3) is 4.39. The summed E-state index contributed by atoms with van der Waals surface area (Å²) in [6.45, 7) is 1.57. The van der Waals surface area contributed by atoms with Gasteiger partial charge in [-0.3, -0.25) is 4.90 Å². The first kappa shape index (κ1) is 14.7. The maximum absolute atomic E-state index is 11.5. The second kappa shape index (κ2) is 6.15. The molecule has 0 N–H and O–H groups in total. The van der Waals surface area contributed by atoms with E-state index in [1.807, 2.05) is 0 Å². The molecule has 0 bridgehead atoms. The summed E-state index contributed by atoms with van der Waals surface area (Å²) in [4.78, 5) is 2.20. The number of hydrogen-bond acceptors (Lipinski definition) is 7. The standard InChI is InChI=1S/C11H19N3O3S2/c1-17-11-13-12-10(18-11)7-14-6-4-3-5-9(14)8-19(2,15)16/h9H,3-8H2,1-2H3. The van der Waals surface area contributed by atoms with Crippen LogP contribution >= 0.6 is 11.3 Å². The highest BCUT2D eigenvalue weighted by Crippen LogP contribution is 2.24. The molecule has 1 atom stereocenters.